The molecule has 2 aromatic rings. The van der Waals surface area contributed by atoms with Crippen LogP contribution >= 0.6 is 11.6 Å². The zero-order valence-corrected chi connectivity index (χ0v) is 16.0. The van der Waals surface area contributed by atoms with Crippen LogP contribution in [0.25, 0.3) is 0 Å². The summed E-state index contributed by atoms with van der Waals surface area (Å²) in [4.78, 5) is 12.4. The summed E-state index contributed by atoms with van der Waals surface area (Å²) < 4.78 is 25.5. The normalized spacial score (nSPS) is 11.2. The third-order valence-corrected chi connectivity index (χ3v) is 5.95. The lowest BCUT2D eigenvalue weighted by Gasteiger charge is -2.22. The SMILES string of the molecule is CCN(c1ccc(C(=O)Nc2ccc(Cl)cc2C)cc1)S(=O)(=O)CC. The highest BCUT2D eigenvalue weighted by molar-refractivity contribution is 7.92. The number of carbonyl (C=O) groups excluding carboxylic acids is 1. The molecule has 0 fully saturated rings. The van der Waals surface area contributed by atoms with Gasteiger partial charge >= 0.3 is 0 Å². The summed E-state index contributed by atoms with van der Waals surface area (Å²) in [6.45, 7) is 5.58. The molecule has 0 saturated carbocycles. The van der Waals surface area contributed by atoms with Crippen LogP contribution in [0.4, 0.5) is 11.4 Å². The van der Waals surface area contributed by atoms with Crippen molar-refractivity contribution in [1.82, 2.24) is 0 Å². The molecule has 0 aromatic heterocycles. The smallest absolute Gasteiger partial charge is 0.255 e. The Kier molecular flexibility index (Phi) is 6.08. The van der Waals surface area contributed by atoms with Crippen molar-refractivity contribution < 1.29 is 13.2 Å². The number of anilines is 2. The van der Waals surface area contributed by atoms with Gasteiger partial charge in [0.25, 0.3) is 5.91 Å². The van der Waals surface area contributed by atoms with Gasteiger partial charge in [-0.25, -0.2) is 8.42 Å². The predicted molar refractivity (Wildman–Crippen MR) is 103 cm³/mol. The average Bonchev–Trinajstić information content (AvgIpc) is 2.58. The topological polar surface area (TPSA) is 66.5 Å². The molecule has 0 aliphatic heterocycles. The molecule has 2 aromatic carbocycles. The molecule has 0 aliphatic rings. The fraction of sp³-hybridized carbons (Fsp3) is 0.278. The van der Waals surface area contributed by atoms with Crippen LogP contribution in [0.2, 0.25) is 5.02 Å². The number of hydrogen-bond donors (Lipinski definition) is 1. The zero-order valence-electron chi connectivity index (χ0n) is 14.4. The quantitative estimate of drug-likeness (QED) is 0.821. The number of sulfonamides is 1. The number of benzene rings is 2. The molecule has 0 bridgehead atoms. The first-order chi connectivity index (χ1) is 11.8. The van der Waals surface area contributed by atoms with E-state index in [1.54, 1.807) is 56.3 Å². The summed E-state index contributed by atoms with van der Waals surface area (Å²) in [7, 11) is -3.33. The Morgan fingerprint density at radius 3 is 2.28 bits per heavy atom. The van der Waals surface area contributed by atoms with Gasteiger partial charge in [-0.05, 0) is 68.8 Å². The van der Waals surface area contributed by atoms with Crippen LogP contribution in [0.3, 0.4) is 0 Å². The zero-order chi connectivity index (χ0) is 18.6. The van der Waals surface area contributed by atoms with Crippen molar-refractivity contribution in [3.63, 3.8) is 0 Å². The predicted octanol–water partition coefficient (Wildman–Crippen LogP) is 4.08. The highest BCUT2D eigenvalue weighted by Gasteiger charge is 2.19. The van der Waals surface area contributed by atoms with E-state index < -0.39 is 10.0 Å². The monoisotopic (exact) mass is 380 g/mol. The van der Waals surface area contributed by atoms with Crippen molar-refractivity contribution in [2.24, 2.45) is 0 Å². The van der Waals surface area contributed by atoms with Gasteiger partial charge < -0.3 is 5.32 Å². The number of nitrogens with one attached hydrogen (secondary N) is 1. The maximum absolute atomic E-state index is 12.4. The van der Waals surface area contributed by atoms with Gasteiger partial charge in [-0.15, -0.1) is 0 Å². The fourth-order valence-electron chi connectivity index (χ4n) is 2.44. The molecule has 5 nitrogen and oxygen atoms in total. The van der Waals surface area contributed by atoms with Crippen molar-refractivity contribution >= 4 is 38.9 Å². The van der Waals surface area contributed by atoms with Gasteiger partial charge in [-0.2, -0.15) is 0 Å². The molecule has 1 N–H and O–H groups in total. The number of aryl methyl sites for hydroxylation is 1. The van der Waals surface area contributed by atoms with Crippen molar-refractivity contribution in [1.29, 1.82) is 0 Å². The number of nitrogens with zero attached hydrogens (tertiary/aromatic N) is 1. The van der Waals surface area contributed by atoms with E-state index in [1.165, 1.54) is 4.31 Å². The largest absolute Gasteiger partial charge is 0.322 e. The molecule has 25 heavy (non-hydrogen) atoms. The first-order valence-electron chi connectivity index (χ1n) is 7.96. The van der Waals surface area contributed by atoms with Gasteiger partial charge in [0.1, 0.15) is 0 Å². The third-order valence-electron chi connectivity index (χ3n) is 3.84. The molecule has 0 saturated heterocycles. The first-order valence-corrected chi connectivity index (χ1v) is 9.95. The number of hydrogen-bond acceptors (Lipinski definition) is 3. The number of rotatable bonds is 6. The van der Waals surface area contributed by atoms with Gasteiger partial charge in [0.2, 0.25) is 10.0 Å². The summed E-state index contributed by atoms with van der Waals surface area (Å²) in [6, 6.07) is 11.7. The summed E-state index contributed by atoms with van der Waals surface area (Å²) in [5, 5.41) is 3.44. The lowest BCUT2D eigenvalue weighted by Crippen LogP contribution is -2.32. The molecule has 2 rings (SSSR count). The third kappa shape index (κ3) is 4.52. The van der Waals surface area contributed by atoms with E-state index in [1.807, 2.05) is 6.92 Å². The van der Waals surface area contributed by atoms with E-state index in [0.29, 0.717) is 28.5 Å². The lowest BCUT2D eigenvalue weighted by atomic mass is 10.1. The van der Waals surface area contributed by atoms with Gasteiger partial charge in [0, 0.05) is 22.8 Å². The fourth-order valence-corrected chi connectivity index (χ4v) is 3.81. The van der Waals surface area contributed by atoms with Crippen molar-refractivity contribution in [3.05, 3.63) is 58.6 Å². The second-order valence-corrected chi connectivity index (χ2v) is 8.14. The minimum atomic E-state index is -3.33. The average molecular weight is 381 g/mol. The van der Waals surface area contributed by atoms with Crippen LogP contribution in [-0.2, 0) is 10.0 Å². The van der Waals surface area contributed by atoms with E-state index in [0.717, 1.165) is 5.56 Å². The summed E-state index contributed by atoms with van der Waals surface area (Å²) in [5.74, 6) is -0.239. The number of halogens is 1. The Hall–Kier alpha value is -2.05. The van der Waals surface area contributed by atoms with Gasteiger partial charge in [0.15, 0.2) is 0 Å². The van der Waals surface area contributed by atoms with Crippen LogP contribution in [0, 0.1) is 6.92 Å². The van der Waals surface area contributed by atoms with Crippen molar-refractivity contribution in [2.75, 3.05) is 21.9 Å². The molecule has 0 unspecified atom stereocenters. The standard InChI is InChI=1S/C18H21ClN2O3S/c1-4-21(25(23,24)5-2)16-9-6-14(7-10-16)18(22)20-17-11-8-15(19)12-13(17)3/h6-12H,4-5H2,1-3H3,(H,20,22). The molecule has 7 heteroatoms. The highest BCUT2D eigenvalue weighted by atomic mass is 35.5. The molecule has 0 atom stereocenters. The van der Waals surface area contributed by atoms with E-state index >= 15 is 0 Å². The van der Waals surface area contributed by atoms with Crippen LogP contribution in [0.15, 0.2) is 42.5 Å². The second kappa shape index (κ2) is 7.89. The highest BCUT2D eigenvalue weighted by Crippen LogP contribution is 2.22. The Morgan fingerprint density at radius 2 is 1.76 bits per heavy atom. The Morgan fingerprint density at radius 1 is 1.12 bits per heavy atom. The van der Waals surface area contributed by atoms with Crippen LogP contribution in [0.1, 0.15) is 29.8 Å². The van der Waals surface area contributed by atoms with Crippen LogP contribution in [-0.4, -0.2) is 26.6 Å². The van der Waals surface area contributed by atoms with Crippen LogP contribution in [0.5, 0.6) is 0 Å². The van der Waals surface area contributed by atoms with Crippen LogP contribution < -0.4 is 9.62 Å². The molecule has 134 valence electrons. The summed E-state index contributed by atoms with van der Waals surface area (Å²) in [6.07, 6.45) is 0. The minimum Gasteiger partial charge on any atom is -0.322 e. The maximum Gasteiger partial charge on any atom is 0.255 e. The van der Waals surface area contributed by atoms with E-state index in [4.69, 9.17) is 11.6 Å². The maximum atomic E-state index is 12.4. The molecular formula is C18H21ClN2O3S. The molecule has 0 aliphatic carbocycles. The summed E-state index contributed by atoms with van der Waals surface area (Å²) in [5.41, 5.74) is 2.54. The molecule has 0 heterocycles. The molecule has 1 amide bonds. The molecule has 0 spiro atoms. The lowest BCUT2D eigenvalue weighted by molar-refractivity contribution is 0.102. The first kappa shape index (κ1) is 19.3. The molecule has 0 radical (unpaired) electrons. The second-order valence-electron chi connectivity index (χ2n) is 5.53. The van der Waals surface area contributed by atoms with Crippen molar-refractivity contribution in [2.45, 2.75) is 20.8 Å². The van der Waals surface area contributed by atoms with Crippen molar-refractivity contribution in [3.8, 4) is 0 Å². The Balaban J connectivity index is 2.20. The Bertz CT molecular complexity index is 864. The van der Waals surface area contributed by atoms with Gasteiger partial charge in [-0.1, -0.05) is 11.6 Å². The number of amides is 1. The van der Waals surface area contributed by atoms with E-state index in [-0.39, 0.29) is 11.7 Å². The van der Waals surface area contributed by atoms with E-state index in [9.17, 15) is 13.2 Å². The minimum absolute atomic E-state index is 0.0267. The van der Waals surface area contributed by atoms with Gasteiger partial charge in [0.05, 0.1) is 11.4 Å². The number of carbonyl (C=O) groups is 1. The Labute approximate surface area is 153 Å². The molecular weight excluding hydrogens is 360 g/mol. The van der Waals surface area contributed by atoms with Gasteiger partial charge in [-0.3, -0.25) is 9.10 Å². The van der Waals surface area contributed by atoms with E-state index in [2.05, 4.69) is 5.32 Å². The summed E-state index contributed by atoms with van der Waals surface area (Å²) >= 11 is 5.91.